The molecule has 0 fully saturated rings. The van der Waals surface area contributed by atoms with E-state index in [4.69, 9.17) is 9.97 Å². The maximum Gasteiger partial charge on any atom is 0.145 e. The van der Waals surface area contributed by atoms with E-state index in [1.165, 1.54) is 70.8 Å². The predicted octanol–water partition coefficient (Wildman–Crippen LogP) is 8.91. The smallest absolute Gasteiger partial charge is 0.145 e. The summed E-state index contributed by atoms with van der Waals surface area (Å²) in [5.74, 6) is 1.79. The third-order valence-corrected chi connectivity index (χ3v) is 8.49. The molecule has 1 aliphatic rings. The van der Waals surface area contributed by atoms with Crippen molar-refractivity contribution >= 4 is 54.1 Å². The van der Waals surface area contributed by atoms with Crippen LogP contribution >= 0.6 is 0 Å². The summed E-state index contributed by atoms with van der Waals surface area (Å²) in [6, 6.07) is 39.7. The number of aryl methyl sites for hydroxylation is 1. The Hall–Kier alpha value is -5.02. The number of benzene rings is 6. The molecule has 9 rings (SSSR count). The van der Waals surface area contributed by atoms with Gasteiger partial charge in [-0.15, -0.1) is 0 Å². The first-order valence-corrected chi connectivity index (χ1v) is 13.5. The van der Waals surface area contributed by atoms with Gasteiger partial charge < -0.3 is 0 Å². The minimum Gasteiger partial charge on any atom is -0.293 e. The molecule has 0 atom stereocenters. The quantitative estimate of drug-likeness (QED) is 0.212. The molecule has 3 nitrogen and oxygen atoms in total. The van der Waals surface area contributed by atoms with Gasteiger partial charge in [0.05, 0.1) is 16.7 Å². The van der Waals surface area contributed by atoms with E-state index in [1.807, 2.05) is 6.92 Å². The summed E-state index contributed by atoms with van der Waals surface area (Å²) in [7, 11) is 0. The zero-order chi connectivity index (χ0) is 25.7. The lowest BCUT2D eigenvalue weighted by Gasteiger charge is -2.13. The lowest BCUT2D eigenvalue weighted by molar-refractivity contribution is 0.959. The van der Waals surface area contributed by atoms with Gasteiger partial charge in [0.2, 0.25) is 0 Å². The van der Waals surface area contributed by atoms with Crippen LogP contribution in [0.1, 0.15) is 17.0 Å². The Bertz CT molecular complexity index is 2320. The summed E-state index contributed by atoms with van der Waals surface area (Å²) in [5.41, 5.74) is 7.17. The highest BCUT2D eigenvalue weighted by Gasteiger charge is 2.27. The Kier molecular flexibility index (Phi) is 4.04. The van der Waals surface area contributed by atoms with E-state index in [0.717, 1.165) is 23.8 Å². The number of hydrogen-bond acceptors (Lipinski definition) is 2. The molecule has 0 unspecified atom stereocenters. The van der Waals surface area contributed by atoms with Crippen molar-refractivity contribution in [2.45, 2.75) is 13.3 Å². The van der Waals surface area contributed by atoms with E-state index in [1.54, 1.807) is 0 Å². The number of nitrogens with zero attached hydrogens (tertiary/aromatic N) is 3. The minimum absolute atomic E-state index is 0.796. The molecule has 0 radical (unpaired) electrons. The van der Waals surface area contributed by atoms with Crippen LogP contribution in [0.25, 0.3) is 71.2 Å². The highest BCUT2D eigenvalue weighted by molar-refractivity contribution is 6.29. The van der Waals surface area contributed by atoms with Gasteiger partial charge in [-0.25, -0.2) is 9.97 Å². The summed E-state index contributed by atoms with van der Waals surface area (Å²) in [5, 5.41) is 10.2. The highest BCUT2D eigenvalue weighted by Crippen LogP contribution is 2.43. The average molecular weight is 498 g/mol. The van der Waals surface area contributed by atoms with Crippen molar-refractivity contribution in [2.75, 3.05) is 0 Å². The number of rotatable bonds is 1. The number of para-hydroxylation sites is 1. The monoisotopic (exact) mass is 497 g/mol. The summed E-state index contributed by atoms with van der Waals surface area (Å²) in [6.07, 6.45) is 0.847. The van der Waals surface area contributed by atoms with Gasteiger partial charge in [0.1, 0.15) is 11.6 Å². The van der Waals surface area contributed by atoms with E-state index >= 15 is 0 Å². The van der Waals surface area contributed by atoms with Crippen molar-refractivity contribution in [3.8, 4) is 17.1 Å². The molecule has 3 heteroatoms. The Morgan fingerprint density at radius 3 is 2.23 bits per heavy atom. The zero-order valence-corrected chi connectivity index (χ0v) is 21.4. The van der Waals surface area contributed by atoms with E-state index in [-0.39, 0.29) is 0 Å². The molecule has 0 amide bonds. The second-order valence-electron chi connectivity index (χ2n) is 10.6. The van der Waals surface area contributed by atoms with Gasteiger partial charge in [-0.1, -0.05) is 97.1 Å². The maximum absolute atomic E-state index is 5.09. The maximum atomic E-state index is 5.09. The van der Waals surface area contributed by atoms with Gasteiger partial charge in [-0.2, -0.15) is 0 Å². The highest BCUT2D eigenvalue weighted by atomic mass is 15.1. The predicted molar refractivity (Wildman–Crippen MR) is 162 cm³/mol. The van der Waals surface area contributed by atoms with Crippen LogP contribution in [-0.4, -0.2) is 14.5 Å². The molecular weight excluding hydrogens is 474 g/mol. The summed E-state index contributed by atoms with van der Waals surface area (Å²) in [4.78, 5) is 10.0. The fraction of sp³-hybridized carbons (Fsp3) is 0.0556. The molecule has 8 aromatic rings. The molecule has 0 N–H and O–H groups in total. The Morgan fingerprint density at radius 1 is 0.564 bits per heavy atom. The van der Waals surface area contributed by atoms with Crippen LogP contribution in [0.15, 0.2) is 109 Å². The molecule has 0 aliphatic heterocycles. The second-order valence-corrected chi connectivity index (χ2v) is 10.6. The molecule has 2 heterocycles. The molecular formula is C36H23N3. The van der Waals surface area contributed by atoms with Crippen LogP contribution in [0.5, 0.6) is 0 Å². The Labute approximate surface area is 225 Å². The van der Waals surface area contributed by atoms with Crippen molar-refractivity contribution in [3.05, 3.63) is 126 Å². The standard InChI is InChI=1S/C36H23N3/c1-21-37-35-26-11-5-3-9-24(26)20-30(35)36(38-21)39-31-13-7-6-12-29(31)34-28-17-16-23-15-14-22-8-2-4-10-25(22)33(23)27(28)18-19-32(34)39/h2-19H,20H2,1H3. The van der Waals surface area contributed by atoms with Crippen LogP contribution in [-0.2, 0) is 6.42 Å². The Balaban J connectivity index is 1.44. The summed E-state index contributed by atoms with van der Waals surface area (Å²) in [6.45, 7) is 2.01. The first-order chi connectivity index (χ1) is 19.3. The van der Waals surface area contributed by atoms with Crippen LogP contribution < -0.4 is 0 Å². The van der Waals surface area contributed by atoms with E-state index in [0.29, 0.717) is 0 Å². The molecule has 39 heavy (non-hydrogen) atoms. The Morgan fingerprint density at radius 2 is 1.28 bits per heavy atom. The van der Waals surface area contributed by atoms with Crippen molar-refractivity contribution in [3.63, 3.8) is 0 Å². The molecule has 0 saturated heterocycles. The molecule has 0 saturated carbocycles. The summed E-state index contributed by atoms with van der Waals surface area (Å²) < 4.78 is 2.37. The van der Waals surface area contributed by atoms with Gasteiger partial charge in [-0.3, -0.25) is 4.57 Å². The normalized spacial score (nSPS) is 12.6. The van der Waals surface area contributed by atoms with E-state index in [9.17, 15) is 0 Å². The van der Waals surface area contributed by atoms with Gasteiger partial charge >= 0.3 is 0 Å². The largest absolute Gasteiger partial charge is 0.293 e. The van der Waals surface area contributed by atoms with Crippen LogP contribution in [0, 0.1) is 6.92 Å². The van der Waals surface area contributed by atoms with Crippen LogP contribution in [0.2, 0.25) is 0 Å². The van der Waals surface area contributed by atoms with Gasteiger partial charge in [0.15, 0.2) is 0 Å². The van der Waals surface area contributed by atoms with Crippen LogP contribution in [0.3, 0.4) is 0 Å². The number of aromatic nitrogens is 3. The van der Waals surface area contributed by atoms with Crippen molar-refractivity contribution in [1.82, 2.24) is 14.5 Å². The van der Waals surface area contributed by atoms with Crippen molar-refractivity contribution in [1.29, 1.82) is 0 Å². The third kappa shape index (κ3) is 2.77. The molecule has 6 aromatic carbocycles. The van der Waals surface area contributed by atoms with Crippen molar-refractivity contribution < 1.29 is 0 Å². The number of hydrogen-bond donors (Lipinski definition) is 0. The lowest BCUT2D eigenvalue weighted by Crippen LogP contribution is -2.06. The average Bonchev–Trinajstić information content (AvgIpc) is 3.52. The molecule has 0 spiro atoms. The zero-order valence-electron chi connectivity index (χ0n) is 21.4. The van der Waals surface area contributed by atoms with Crippen LogP contribution in [0.4, 0.5) is 0 Å². The minimum atomic E-state index is 0.796. The first kappa shape index (κ1) is 21.0. The van der Waals surface area contributed by atoms with Gasteiger partial charge in [0.25, 0.3) is 0 Å². The topological polar surface area (TPSA) is 30.7 Å². The van der Waals surface area contributed by atoms with E-state index < -0.39 is 0 Å². The number of fused-ring (bicyclic) bond motifs is 12. The lowest BCUT2D eigenvalue weighted by atomic mass is 9.94. The molecule has 1 aliphatic carbocycles. The second kappa shape index (κ2) is 7.52. The summed E-state index contributed by atoms with van der Waals surface area (Å²) >= 11 is 0. The molecule has 0 bridgehead atoms. The first-order valence-electron chi connectivity index (χ1n) is 13.5. The fourth-order valence-electron chi connectivity index (χ4n) is 6.85. The SMILES string of the molecule is Cc1nc2c(c(-n3c4ccccc4c4c5ccc6ccc7ccccc7c6c5ccc43)n1)Cc1ccccc1-2. The fourth-order valence-corrected chi connectivity index (χ4v) is 6.85. The van der Waals surface area contributed by atoms with Crippen molar-refractivity contribution in [2.24, 2.45) is 0 Å². The van der Waals surface area contributed by atoms with Gasteiger partial charge in [-0.05, 0) is 56.9 Å². The van der Waals surface area contributed by atoms with E-state index in [2.05, 4.69) is 114 Å². The van der Waals surface area contributed by atoms with Gasteiger partial charge in [0, 0.05) is 28.3 Å². The molecule has 182 valence electrons. The third-order valence-electron chi connectivity index (χ3n) is 8.49. The molecule has 2 aromatic heterocycles.